The van der Waals surface area contributed by atoms with Crippen LogP contribution in [0.25, 0.3) is 10.9 Å². The Bertz CT molecular complexity index is 545. The number of pyridine rings is 1. The molecule has 1 aliphatic carbocycles. The van der Waals surface area contributed by atoms with Crippen molar-refractivity contribution in [2.45, 2.75) is 19.3 Å². The van der Waals surface area contributed by atoms with Crippen molar-refractivity contribution in [3.05, 3.63) is 36.5 Å². The normalized spacial score (nSPS) is 17.4. The number of hydrogen-bond acceptors (Lipinski definition) is 3. The first kappa shape index (κ1) is 11.8. The number of nitrogens with zero attached hydrogens (tertiary/aromatic N) is 1. The summed E-state index contributed by atoms with van der Waals surface area (Å²) in [6.45, 7) is 0.760. The molecule has 0 spiro atoms. The highest BCUT2D eigenvalue weighted by atomic mass is 32.1. The van der Waals surface area contributed by atoms with Gasteiger partial charge >= 0.3 is 0 Å². The molecule has 0 amide bonds. The number of aromatic nitrogens is 1. The van der Waals surface area contributed by atoms with Crippen molar-refractivity contribution >= 4 is 23.5 Å². The lowest BCUT2D eigenvalue weighted by Gasteiger charge is -2.40. The van der Waals surface area contributed by atoms with Crippen molar-refractivity contribution in [2.75, 3.05) is 12.4 Å². The van der Waals surface area contributed by atoms with Gasteiger partial charge in [0.2, 0.25) is 0 Å². The molecule has 1 aliphatic rings. The van der Waals surface area contributed by atoms with Gasteiger partial charge in [-0.1, -0.05) is 24.6 Å². The highest BCUT2D eigenvalue weighted by molar-refractivity contribution is 7.80. The fraction of sp³-hybridized carbons (Fsp3) is 0.400. The molecule has 3 heteroatoms. The van der Waals surface area contributed by atoms with E-state index in [4.69, 9.17) is 4.74 Å². The largest absolute Gasteiger partial charge is 0.491 e. The zero-order valence-electron chi connectivity index (χ0n) is 10.3. The van der Waals surface area contributed by atoms with Gasteiger partial charge in [0.1, 0.15) is 5.75 Å². The molecule has 2 nitrogen and oxygen atoms in total. The van der Waals surface area contributed by atoms with E-state index in [0.717, 1.165) is 29.0 Å². The number of benzene rings is 1. The number of rotatable bonds is 4. The van der Waals surface area contributed by atoms with Crippen LogP contribution in [0.4, 0.5) is 0 Å². The summed E-state index contributed by atoms with van der Waals surface area (Å²) in [5, 5.41) is 1.13. The first-order valence-corrected chi connectivity index (χ1v) is 7.03. The average Bonchev–Trinajstić information content (AvgIpc) is 2.38. The van der Waals surface area contributed by atoms with Crippen molar-refractivity contribution in [3.63, 3.8) is 0 Å². The predicted molar refractivity (Wildman–Crippen MR) is 77.4 cm³/mol. The second-order valence-corrected chi connectivity index (χ2v) is 5.48. The molecule has 1 fully saturated rings. The molecule has 1 heterocycles. The average molecular weight is 259 g/mol. The number of thiol groups is 1. The predicted octanol–water partition coefficient (Wildman–Crippen LogP) is 3.71. The lowest BCUT2D eigenvalue weighted by molar-refractivity contribution is 0.0828. The van der Waals surface area contributed by atoms with E-state index in [1.165, 1.54) is 19.3 Å². The van der Waals surface area contributed by atoms with Crippen LogP contribution in [0.3, 0.4) is 0 Å². The minimum atomic E-state index is 0.300. The summed E-state index contributed by atoms with van der Waals surface area (Å²) in [5.41, 5.74) is 1.31. The Kier molecular flexibility index (Phi) is 3.16. The van der Waals surface area contributed by atoms with Gasteiger partial charge in [0.25, 0.3) is 0 Å². The lowest BCUT2D eigenvalue weighted by atomic mass is 9.71. The van der Waals surface area contributed by atoms with E-state index in [2.05, 4.69) is 29.7 Å². The summed E-state index contributed by atoms with van der Waals surface area (Å²) >= 11 is 4.44. The molecule has 0 bridgehead atoms. The Morgan fingerprint density at radius 2 is 2.11 bits per heavy atom. The molecule has 0 N–H and O–H groups in total. The van der Waals surface area contributed by atoms with Crippen LogP contribution in [-0.4, -0.2) is 17.3 Å². The van der Waals surface area contributed by atoms with Gasteiger partial charge < -0.3 is 4.74 Å². The number of para-hydroxylation sites is 1. The third kappa shape index (κ3) is 2.19. The van der Waals surface area contributed by atoms with Crippen LogP contribution in [0, 0.1) is 5.41 Å². The molecule has 1 aromatic carbocycles. The van der Waals surface area contributed by atoms with E-state index in [9.17, 15) is 0 Å². The molecule has 2 aromatic rings. The Labute approximate surface area is 113 Å². The molecule has 1 saturated carbocycles. The minimum Gasteiger partial charge on any atom is -0.491 e. The Balaban J connectivity index is 1.74. The zero-order chi connectivity index (χ0) is 12.4. The molecule has 0 saturated heterocycles. The van der Waals surface area contributed by atoms with Crippen molar-refractivity contribution < 1.29 is 4.74 Å². The molecular formula is C15H17NOS. The monoisotopic (exact) mass is 259 g/mol. The van der Waals surface area contributed by atoms with E-state index >= 15 is 0 Å². The maximum absolute atomic E-state index is 5.90. The van der Waals surface area contributed by atoms with E-state index in [1.54, 1.807) is 0 Å². The van der Waals surface area contributed by atoms with Gasteiger partial charge in [-0.2, -0.15) is 12.6 Å². The van der Waals surface area contributed by atoms with Crippen molar-refractivity contribution in [2.24, 2.45) is 5.41 Å². The van der Waals surface area contributed by atoms with Gasteiger partial charge in [0.15, 0.2) is 0 Å². The molecule has 0 atom stereocenters. The Morgan fingerprint density at radius 3 is 2.83 bits per heavy atom. The summed E-state index contributed by atoms with van der Waals surface area (Å²) in [4.78, 5) is 4.41. The van der Waals surface area contributed by atoms with Gasteiger partial charge in [-0.15, -0.1) is 0 Å². The standard InChI is InChI=1S/C15H17NOS/c18-11-15(6-3-7-15)10-17-13-8-12-4-1-2-5-14(12)16-9-13/h1-2,4-5,8-9,18H,3,6-7,10-11H2. The molecule has 0 radical (unpaired) electrons. The third-order valence-electron chi connectivity index (χ3n) is 3.86. The van der Waals surface area contributed by atoms with Gasteiger partial charge in [-0.3, -0.25) is 4.98 Å². The quantitative estimate of drug-likeness (QED) is 0.845. The molecule has 94 valence electrons. The van der Waals surface area contributed by atoms with Crippen LogP contribution >= 0.6 is 12.6 Å². The molecule has 18 heavy (non-hydrogen) atoms. The van der Waals surface area contributed by atoms with Gasteiger partial charge in [-0.25, -0.2) is 0 Å². The van der Waals surface area contributed by atoms with Crippen LogP contribution in [-0.2, 0) is 0 Å². The van der Waals surface area contributed by atoms with E-state index < -0.39 is 0 Å². The summed E-state index contributed by atoms with van der Waals surface area (Å²) < 4.78 is 5.90. The van der Waals surface area contributed by atoms with Gasteiger partial charge in [0, 0.05) is 10.8 Å². The second-order valence-electron chi connectivity index (χ2n) is 5.16. The minimum absolute atomic E-state index is 0.300. The Morgan fingerprint density at radius 1 is 1.28 bits per heavy atom. The van der Waals surface area contributed by atoms with Crippen LogP contribution < -0.4 is 4.74 Å². The SMILES string of the molecule is SCC1(COc2cnc3ccccc3c2)CCC1. The van der Waals surface area contributed by atoms with Crippen molar-refractivity contribution in [3.8, 4) is 5.75 Å². The summed E-state index contributed by atoms with van der Waals surface area (Å²) in [5.74, 6) is 1.77. The molecule has 0 unspecified atom stereocenters. The number of hydrogen-bond donors (Lipinski definition) is 1. The first-order chi connectivity index (χ1) is 8.81. The zero-order valence-corrected chi connectivity index (χ0v) is 11.2. The highest BCUT2D eigenvalue weighted by Gasteiger charge is 2.36. The van der Waals surface area contributed by atoms with Gasteiger partial charge in [-0.05, 0) is 30.7 Å². The second kappa shape index (κ2) is 4.81. The van der Waals surface area contributed by atoms with Crippen molar-refractivity contribution in [1.29, 1.82) is 0 Å². The summed E-state index contributed by atoms with van der Waals surface area (Å²) in [7, 11) is 0. The summed E-state index contributed by atoms with van der Waals surface area (Å²) in [6.07, 6.45) is 5.59. The fourth-order valence-electron chi connectivity index (χ4n) is 2.39. The van der Waals surface area contributed by atoms with E-state index in [-0.39, 0.29) is 0 Å². The van der Waals surface area contributed by atoms with Crippen molar-refractivity contribution in [1.82, 2.24) is 4.98 Å². The fourth-order valence-corrected chi connectivity index (χ4v) is 2.80. The first-order valence-electron chi connectivity index (χ1n) is 6.40. The molecular weight excluding hydrogens is 242 g/mol. The smallest absolute Gasteiger partial charge is 0.138 e. The molecule has 1 aromatic heterocycles. The van der Waals surface area contributed by atoms with Crippen LogP contribution in [0.5, 0.6) is 5.75 Å². The Hall–Kier alpha value is -1.22. The maximum atomic E-state index is 5.90. The molecule has 3 rings (SSSR count). The number of ether oxygens (including phenoxy) is 1. The molecule has 0 aliphatic heterocycles. The highest BCUT2D eigenvalue weighted by Crippen LogP contribution is 2.42. The van der Waals surface area contributed by atoms with E-state index in [0.29, 0.717) is 5.41 Å². The number of fused-ring (bicyclic) bond motifs is 1. The third-order valence-corrected chi connectivity index (χ3v) is 4.53. The summed E-state index contributed by atoms with van der Waals surface area (Å²) in [6, 6.07) is 10.2. The topological polar surface area (TPSA) is 22.1 Å². The van der Waals surface area contributed by atoms with Crippen LogP contribution in [0.15, 0.2) is 36.5 Å². The lowest BCUT2D eigenvalue weighted by Crippen LogP contribution is -2.37. The van der Waals surface area contributed by atoms with E-state index in [1.807, 2.05) is 24.4 Å². The van der Waals surface area contributed by atoms with Crippen LogP contribution in [0.1, 0.15) is 19.3 Å². The maximum Gasteiger partial charge on any atom is 0.138 e. The van der Waals surface area contributed by atoms with Crippen LogP contribution in [0.2, 0.25) is 0 Å². The van der Waals surface area contributed by atoms with Gasteiger partial charge in [0.05, 0.1) is 18.3 Å².